The molecular formula is C55H122Br2ClN3. The van der Waals surface area contributed by atoms with E-state index in [1.54, 1.807) is 0 Å². The Morgan fingerprint density at radius 1 is 0.180 bits per heavy atom. The first-order chi connectivity index (χ1) is 27.7. The van der Waals surface area contributed by atoms with Gasteiger partial charge in [-0.1, -0.05) is 239 Å². The molecule has 0 aliphatic carbocycles. The average Bonchev–Trinajstić information content (AvgIpc) is 3.15. The molecular weight excluding hydrogens is 898 g/mol. The SMILES string of the molecule is CCCCCCCCCCCCCCCC[N+](C)(C)C.CCCCCCCCCCCCCCCC[N+](C)(C)C.CCCCCCCCCCCCCC[N+](C)(C)C.[Br-].[Br-].[Cl-]. The highest BCUT2D eigenvalue weighted by Crippen LogP contribution is 2.16. The van der Waals surface area contributed by atoms with Crippen LogP contribution in [0.3, 0.4) is 0 Å². The minimum absolute atomic E-state index is 0. The molecule has 0 aromatic rings. The van der Waals surface area contributed by atoms with Crippen molar-refractivity contribution in [3.63, 3.8) is 0 Å². The van der Waals surface area contributed by atoms with Crippen molar-refractivity contribution in [2.75, 3.05) is 83.1 Å². The van der Waals surface area contributed by atoms with Gasteiger partial charge in [-0.25, -0.2) is 0 Å². The van der Waals surface area contributed by atoms with Gasteiger partial charge in [0.2, 0.25) is 0 Å². The number of quaternary nitrogens is 3. The van der Waals surface area contributed by atoms with Crippen molar-refractivity contribution in [3.05, 3.63) is 0 Å². The maximum atomic E-state index is 2.29. The predicted octanol–water partition coefficient (Wildman–Crippen LogP) is 8.75. The molecule has 3 nitrogen and oxygen atoms in total. The van der Waals surface area contributed by atoms with E-state index in [4.69, 9.17) is 0 Å². The molecule has 0 radical (unpaired) electrons. The fourth-order valence-corrected chi connectivity index (χ4v) is 7.99. The van der Waals surface area contributed by atoms with Gasteiger partial charge in [0.25, 0.3) is 0 Å². The number of nitrogens with zero attached hydrogens (tertiary/aromatic N) is 3. The van der Waals surface area contributed by atoms with E-state index in [-0.39, 0.29) is 46.4 Å². The van der Waals surface area contributed by atoms with Crippen LogP contribution in [0.2, 0.25) is 0 Å². The summed E-state index contributed by atoms with van der Waals surface area (Å²) in [5.74, 6) is 0. The topological polar surface area (TPSA) is 0 Å². The third-order valence-corrected chi connectivity index (χ3v) is 12.0. The van der Waals surface area contributed by atoms with Gasteiger partial charge in [-0.15, -0.1) is 0 Å². The van der Waals surface area contributed by atoms with Gasteiger partial charge in [-0.2, -0.15) is 0 Å². The van der Waals surface area contributed by atoms with Gasteiger partial charge < -0.3 is 59.8 Å². The van der Waals surface area contributed by atoms with Crippen LogP contribution in [0.5, 0.6) is 0 Å². The van der Waals surface area contributed by atoms with Gasteiger partial charge in [-0.3, -0.25) is 0 Å². The fraction of sp³-hybridized carbons (Fsp3) is 1.00. The van der Waals surface area contributed by atoms with Crippen molar-refractivity contribution >= 4 is 0 Å². The summed E-state index contributed by atoms with van der Waals surface area (Å²) in [5, 5.41) is 0. The molecule has 0 aromatic carbocycles. The highest BCUT2D eigenvalue weighted by molar-refractivity contribution is 4.52. The predicted molar refractivity (Wildman–Crippen MR) is 270 cm³/mol. The molecule has 0 rings (SSSR count). The van der Waals surface area contributed by atoms with Crippen LogP contribution in [0.15, 0.2) is 0 Å². The lowest BCUT2D eigenvalue weighted by molar-refractivity contribution is -0.870. The molecule has 0 atom stereocenters. The normalized spacial score (nSPS) is 11.4. The largest absolute Gasteiger partial charge is 1.00 e. The summed E-state index contributed by atoms with van der Waals surface area (Å²) in [7, 11) is 20.6. The van der Waals surface area contributed by atoms with Gasteiger partial charge >= 0.3 is 0 Å². The van der Waals surface area contributed by atoms with Crippen molar-refractivity contribution in [2.24, 2.45) is 0 Å². The maximum Gasteiger partial charge on any atom is 0.0780 e. The molecule has 0 aromatic heterocycles. The third kappa shape index (κ3) is 85.1. The summed E-state index contributed by atoms with van der Waals surface area (Å²) in [6, 6.07) is 0. The summed E-state index contributed by atoms with van der Waals surface area (Å²) in [5.41, 5.74) is 0. The van der Waals surface area contributed by atoms with E-state index >= 15 is 0 Å². The molecule has 378 valence electrons. The van der Waals surface area contributed by atoms with E-state index in [9.17, 15) is 0 Å². The first-order valence-corrected chi connectivity index (χ1v) is 27.1. The summed E-state index contributed by atoms with van der Waals surface area (Å²) in [4.78, 5) is 0. The highest BCUT2D eigenvalue weighted by Gasteiger charge is 2.07. The molecule has 0 spiro atoms. The fourth-order valence-electron chi connectivity index (χ4n) is 7.99. The van der Waals surface area contributed by atoms with Gasteiger partial charge in [-0.05, 0) is 38.5 Å². The van der Waals surface area contributed by atoms with Crippen molar-refractivity contribution in [3.8, 4) is 0 Å². The van der Waals surface area contributed by atoms with Crippen LogP contribution in [-0.4, -0.2) is 96.5 Å². The van der Waals surface area contributed by atoms with Gasteiger partial charge in [0.15, 0.2) is 0 Å². The van der Waals surface area contributed by atoms with E-state index < -0.39 is 0 Å². The second kappa shape index (κ2) is 57.3. The second-order valence-corrected chi connectivity index (χ2v) is 22.1. The number of hydrogen-bond donors (Lipinski definition) is 0. The Hall–Kier alpha value is 1.13. The lowest BCUT2D eigenvalue weighted by atomic mass is 10.0. The Morgan fingerprint density at radius 3 is 0.377 bits per heavy atom. The standard InChI is InChI=1S/2C19H42N.C17H38N.2BrH.ClH/c2*1-5-6-7-8-9-10-11-12-13-14-15-16-17-18-19-20(2,3)4;1-5-6-7-8-9-10-11-12-13-14-15-16-17-18(2,3)4;;;/h2*5-19H2,1-4H3;5-17H2,1-4H3;3*1H/q3*+1;;;/p-3. The lowest BCUT2D eigenvalue weighted by Crippen LogP contribution is -3.00. The van der Waals surface area contributed by atoms with Gasteiger partial charge in [0.1, 0.15) is 0 Å². The quantitative estimate of drug-likeness (QED) is 0.0424. The molecule has 0 unspecified atom stereocenters. The zero-order valence-corrected chi connectivity index (χ0v) is 48.8. The molecule has 0 saturated carbocycles. The first kappa shape index (κ1) is 73.7. The van der Waals surface area contributed by atoms with Crippen LogP contribution in [0.1, 0.15) is 278 Å². The van der Waals surface area contributed by atoms with Crippen LogP contribution in [0.4, 0.5) is 0 Å². The molecule has 6 heteroatoms. The van der Waals surface area contributed by atoms with Crippen LogP contribution in [-0.2, 0) is 0 Å². The van der Waals surface area contributed by atoms with E-state index in [2.05, 4.69) is 84.2 Å². The van der Waals surface area contributed by atoms with Crippen LogP contribution < -0.4 is 46.4 Å². The highest BCUT2D eigenvalue weighted by atomic mass is 79.9. The maximum absolute atomic E-state index is 2.29. The zero-order chi connectivity index (χ0) is 43.9. The monoisotopic (exact) mass is 1020 g/mol. The Labute approximate surface area is 418 Å². The summed E-state index contributed by atoms with van der Waals surface area (Å²) >= 11 is 0. The Kier molecular flexibility index (Phi) is 69.2. The first-order valence-electron chi connectivity index (χ1n) is 27.1. The molecule has 0 aliphatic heterocycles. The van der Waals surface area contributed by atoms with Crippen molar-refractivity contribution in [1.82, 2.24) is 0 Å². The smallest absolute Gasteiger partial charge is 0.0780 e. The Balaban J connectivity index is -0.000000182. The lowest BCUT2D eigenvalue weighted by Gasteiger charge is -2.23. The minimum Gasteiger partial charge on any atom is -1.00 e. The minimum atomic E-state index is 0. The van der Waals surface area contributed by atoms with E-state index in [0.29, 0.717) is 0 Å². The van der Waals surface area contributed by atoms with Gasteiger partial charge in [0, 0.05) is 0 Å². The van der Waals surface area contributed by atoms with Crippen LogP contribution in [0.25, 0.3) is 0 Å². The van der Waals surface area contributed by atoms with Crippen LogP contribution >= 0.6 is 0 Å². The summed E-state index contributed by atoms with van der Waals surface area (Å²) in [6.45, 7) is 10.9. The molecule has 0 saturated heterocycles. The van der Waals surface area contributed by atoms with Crippen molar-refractivity contribution in [2.45, 2.75) is 278 Å². The van der Waals surface area contributed by atoms with Crippen LogP contribution in [0, 0.1) is 0 Å². The van der Waals surface area contributed by atoms with E-state index in [1.165, 1.54) is 276 Å². The summed E-state index contributed by atoms with van der Waals surface area (Å²) in [6.07, 6.45) is 58.1. The number of rotatable bonds is 43. The average molecular weight is 1020 g/mol. The zero-order valence-electron chi connectivity index (χ0n) is 44.9. The number of hydrogen-bond acceptors (Lipinski definition) is 0. The Morgan fingerprint density at radius 2 is 0.279 bits per heavy atom. The Bertz CT molecular complexity index is 690. The molecule has 0 amide bonds. The molecule has 61 heavy (non-hydrogen) atoms. The van der Waals surface area contributed by atoms with E-state index in [0.717, 1.165) is 13.4 Å². The van der Waals surface area contributed by atoms with E-state index in [1.807, 2.05) is 0 Å². The van der Waals surface area contributed by atoms with Crippen molar-refractivity contribution < 1.29 is 59.8 Å². The third-order valence-electron chi connectivity index (χ3n) is 12.0. The molecule has 0 aliphatic rings. The summed E-state index contributed by atoms with van der Waals surface area (Å²) < 4.78 is 3.37. The second-order valence-electron chi connectivity index (χ2n) is 22.1. The van der Waals surface area contributed by atoms with Crippen molar-refractivity contribution in [1.29, 1.82) is 0 Å². The molecule has 0 fully saturated rings. The van der Waals surface area contributed by atoms with Gasteiger partial charge in [0.05, 0.1) is 83.1 Å². The number of unbranched alkanes of at least 4 members (excludes halogenated alkanes) is 37. The molecule has 0 heterocycles. The molecule has 0 bridgehead atoms. The number of halogens is 3. The molecule has 0 N–H and O–H groups in total.